The van der Waals surface area contributed by atoms with Crippen molar-refractivity contribution in [1.82, 2.24) is 25.5 Å². The van der Waals surface area contributed by atoms with Crippen LogP contribution in [0.4, 0.5) is 0 Å². The zero-order valence-corrected chi connectivity index (χ0v) is 10.00. The van der Waals surface area contributed by atoms with Crippen LogP contribution < -0.4 is 5.32 Å². The van der Waals surface area contributed by atoms with Gasteiger partial charge in [0.25, 0.3) is 5.91 Å². The van der Waals surface area contributed by atoms with E-state index in [1.165, 1.54) is 12.4 Å². The Morgan fingerprint density at radius 1 is 1.21 bits per heavy atom. The van der Waals surface area contributed by atoms with E-state index in [1.54, 1.807) is 6.07 Å². The number of aromatic amines is 1. The number of nitrogens with one attached hydrogen (secondary N) is 2. The Bertz CT molecular complexity index is 674. The van der Waals surface area contributed by atoms with Gasteiger partial charge >= 0.3 is 0 Å². The van der Waals surface area contributed by atoms with Crippen LogP contribution in [-0.4, -0.2) is 26.1 Å². The summed E-state index contributed by atoms with van der Waals surface area (Å²) in [6.07, 6.45) is 2.91. The predicted octanol–water partition coefficient (Wildman–Crippen LogP) is 1.28. The molecule has 2 N–H and O–H groups in total. The Morgan fingerprint density at radius 3 is 2.89 bits per heavy atom. The summed E-state index contributed by atoms with van der Waals surface area (Å²) in [4.78, 5) is 19.3. The van der Waals surface area contributed by atoms with Crippen LogP contribution in [0.1, 0.15) is 16.2 Å². The summed E-state index contributed by atoms with van der Waals surface area (Å²) in [5, 5.41) is 10.1. The van der Waals surface area contributed by atoms with Crippen LogP contribution >= 0.6 is 0 Å². The highest BCUT2D eigenvalue weighted by atomic mass is 16.1. The molecule has 2 heterocycles. The van der Waals surface area contributed by atoms with Gasteiger partial charge in [-0.25, -0.2) is 4.98 Å². The van der Waals surface area contributed by atoms with Crippen LogP contribution in [-0.2, 0) is 6.54 Å². The smallest absolute Gasteiger partial charge is 0.253 e. The number of hydrogen-bond donors (Lipinski definition) is 2. The summed E-state index contributed by atoms with van der Waals surface area (Å²) in [5.74, 6) is 0.520. The number of carbonyl (C=O) groups excluding carboxylic acids is 1. The number of fused-ring (bicyclic) bond motifs is 1. The fraction of sp³-hybridized carbons (Fsp3) is 0.0769. The van der Waals surface area contributed by atoms with Crippen molar-refractivity contribution < 1.29 is 4.79 Å². The Labute approximate surface area is 108 Å². The van der Waals surface area contributed by atoms with E-state index in [4.69, 9.17) is 0 Å². The summed E-state index contributed by atoms with van der Waals surface area (Å²) in [7, 11) is 0. The summed E-state index contributed by atoms with van der Waals surface area (Å²) < 4.78 is 0. The number of rotatable bonds is 3. The minimum absolute atomic E-state index is 0.199. The van der Waals surface area contributed by atoms with Gasteiger partial charge in [-0.15, -0.1) is 0 Å². The van der Waals surface area contributed by atoms with Crippen LogP contribution in [0.2, 0.25) is 0 Å². The molecule has 0 aliphatic rings. The highest BCUT2D eigenvalue weighted by Crippen LogP contribution is 2.10. The molecule has 0 bridgehead atoms. The molecule has 6 heteroatoms. The molecule has 94 valence electrons. The monoisotopic (exact) mass is 253 g/mol. The van der Waals surface area contributed by atoms with E-state index in [9.17, 15) is 4.79 Å². The fourth-order valence-corrected chi connectivity index (χ4v) is 1.78. The van der Waals surface area contributed by atoms with Crippen molar-refractivity contribution in [2.24, 2.45) is 0 Å². The molecular weight excluding hydrogens is 242 g/mol. The molecule has 0 fully saturated rings. The van der Waals surface area contributed by atoms with E-state index >= 15 is 0 Å². The van der Waals surface area contributed by atoms with Crippen molar-refractivity contribution in [2.45, 2.75) is 6.54 Å². The molecule has 1 aromatic carbocycles. The van der Waals surface area contributed by atoms with Gasteiger partial charge in [-0.3, -0.25) is 4.79 Å². The van der Waals surface area contributed by atoms with Gasteiger partial charge in [-0.2, -0.15) is 10.2 Å². The first-order valence-corrected chi connectivity index (χ1v) is 5.81. The van der Waals surface area contributed by atoms with E-state index in [1.807, 2.05) is 24.3 Å². The highest BCUT2D eigenvalue weighted by molar-refractivity contribution is 5.93. The molecular formula is C13H11N5O. The SMILES string of the molecule is O=C(NCc1nc2ccccc2[nH]1)c1ccnnc1. The van der Waals surface area contributed by atoms with Gasteiger partial charge in [0.2, 0.25) is 0 Å². The zero-order valence-electron chi connectivity index (χ0n) is 10.00. The average molecular weight is 253 g/mol. The van der Waals surface area contributed by atoms with Crippen molar-refractivity contribution >= 4 is 16.9 Å². The molecule has 0 unspecified atom stereocenters. The number of hydrogen-bond acceptors (Lipinski definition) is 4. The maximum Gasteiger partial charge on any atom is 0.253 e. The van der Waals surface area contributed by atoms with Crippen molar-refractivity contribution in [3.05, 3.63) is 54.1 Å². The van der Waals surface area contributed by atoms with Crippen LogP contribution in [0, 0.1) is 0 Å². The minimum atomic E-state index is -0.199. The lowest BCUT2D eigenvalue weighted by atomic mass is 10.3. The van der Waals surface area contributed by atoms with Gasteiger partial charge in [0.05, 0.1) is 35.5 Å². The third-order valence-corrected chi connectivity index (χ3v) is 2.70. The molecule has 0 saturated heterocycles. The second kappa shape index (κ2) is 4.85. The molecule has 0 atom stereocenters. The number of H-pyrrole nitrogens is 1. The van der Waals surface area contributed by atoms with Crippen molar-refractivity contribution in [1.29, 1.82) is 0 Å². The summed E-state index contributed by atoms with van der Waals surface area (Å²) in [5.41, 5.74) is 2.32. The zero-order chi connectivity index (χ0) is 13.1. The van der Waals surface area contributed by atoms with Gasteiger partial charge < -0.3 is 10.3 Å². The van der Waals surface area contributed by atoms with E-state index in [-0.39, 0.29) is 5.91 Å². The maximum absolute atomic E-state index is 11.8. The second-order valence-corrected chi connectivity index (χ2v) is 4.01. The van der Waals surface area contributed by atoms with E-state index in [0.29, 0.717) is 12.1 Å². The topological polar surface area (TPSA) is 83.6 Å². The van der Waals surface area contributed by atoms with Gasteiger partial charge in [-0.05, 0) is 18.2 Å². The molecule has 0 saturated carbocycles. The molecule has 3 aromatic rings. The predicted molar refractivity (Wildman–Crippen MR) is 69.3 cm³/mol. The molecule has 2 aromatic heterocycles. The molecule has 6 nitrogen and oxygen atoms in total. The largest absolute Gasteiger partial charge is 0.345 e. The summed E-state index contributed by atoms with van der Waals surface area (Å²) in [6, 6.07) is 9.34. The first-order valence-electron chi connectivity index (χ1n) is 5.81. The number of amides is 1. The van der Waals surface area contributed by atoms with Crippen molar-refractivity contribution in [3.8, 4) is 0 Å². The average Bonchev–Trinajstić information content (AvgIpc) is 2.88. The fourth-order valence-electron chi connectivity index (χ4n) is 1.78. The molecule has 0 radical (unpaired) electrons. The Balaban J connectivity index is 1.71. The van der Waals surface area contributed by atoms with E-state index in [0.717, 1.165) is 16.9 Å². The van der Waals surface area contributed by atoms with E-state index < -0.39 is 0 Å². The third-order valence-electron chi connectivity index (χ3n) is 2.70. The number of nitrogens with zero attached hydrogens (tertiary/aromatic N) is 3. The molecule has 0 spiro atoms. The quantitative estimate of drug-likeness (QED) is 0.736. The normalized spacial score (nSPS) is 10.5. The lowest BCUT2D eigenvalue weighted by Gasteiger charge is -2.01. The highest BCUT2D eigenvalue weighted by Gasteiger charge is 2.07. The number of imidazole rings is 1. The summed E-state index contributed by atoms with van der Waals surface area (Å²) >= 11 is 0. The van der Waals surface area contributed by atoms with Crippen LogP contribution in [0.15, 0.2) is 42.7 Å². The Hall–Kier alpha value is -2.76. The third kappa shape index (κ3) is 2.42. The minimum Gasteiger partial charge on any atom is -0.345 e. The van der Waals surface area contributed by atoms with Crippen LogP contribution in [0.25, 0.3) is 11.0 Å². The lowest BCUT2D eigenvalue weighted by molar-refractivity contribution is 0.0949. The second-order valence-electron chi connectivity index (χ2n) is 4.01. The van der Waals surface area contributed by atoms with Crippen molar-refractivity contribution in [2.75, 3.05) is 0 Å². The molecule has 0 aliphatic heterocycles. The number of benzene rings is 1. The van der Waals surface area contributed by atoms with Crippen molar-refractivity contribution in [3.63, 3.8) is 0 Å². The maximum atomic E-state index is 11.8. The standard InChI is InChI=1S/C13H11N5O/c19-13(9-5-6-15-16-7-9)14-8-12-17-10-3-1-2-4-11(10)18-12/h1-7H,8H2,(H,14,19)(H,17,18). The Kier molecular flexibility index (Phi) is 2.89. The number of para-hydroxylation sites is 2. The number of carbonyl (C=O) groups is 1. The van der Waals surface area contributed by atoms with E-state index in [2.05, 4.69) is 25.5 Å². The number of aromatic nitrogens is 4. The van der Waals surface area contributed by atoms with Gasteiger partial charge in [0.1, 0.15) is 5.82 Å². The van der Waals surface area contributed by atoms with Crippen LogP contribution in [0.3, 0.4) is 0 Å². The van der Waals surface area contributed by atoms with Crippen LogP contribution in [0.5, 0.6) is 0 Å². The molecule has 19 heavy (non-hydrogen) atoms. The first-order chi connectivity index (χ1) is 9.33. The lowest BCUT2D eigenvalue weighted by Crippen LogP contribution is -2.23. The summed E-state index contributed by atoms with van der Waals surface area (Å²) in [6.45, 7) is 0.343. The molecule has 0 aliphatic carbocycles. The van der Waals surface area contributed by atoms with Gasteiger partial charge in [0, 0.05) is 0 Å². The van der Waals surface area contributed by atoms with Gasteiger partial charge in [0.15, 0.2) is 0 Å². The first kappa shape index (κ1) is 11.3. The molecule has 3 rings (SSSR count). The Morgan fingerprint density at radius 2 is 2.11 bits per heavy atom. The molecule has 1 amide bonds. The van der Waals surface area contributed by atoms with Gasteiger partial charge in [-0.1, -0.05) is 12.1 Å².